The normalized spacial score (nSPS) is 13.7. The third-order valence-electron chi connectivity index (χ3n) is 4.78. The summed E-state index contributed by atoms with van der Waals surface area (Å²) in [6.45, 7) is 2.43. The first-order valence-electron chi connectivity index (χ1n) is 9.78. The zero-order chi connectivity index (χ0) is 19.9. The second-order valence-electron chi connectivity index (χ2n) is 6.90. The molecule has 1 aliphatic heterocycles. The van der Waals surface area contributed by atoms with Crippen molar-refractivity contribution in [2.75, 3.05) is 18.0 Å². The number of nitrogens with zero attached hydrogens (tertiary/aromatic N) is 4. The lowest BCUT2D eigenvalue weighted by atomic mass is 10.1. The summed E-state index contributed by atoms with van der Waals surface area (Å²) in [5.41, 5.74) is 1.74. The number of benzene rings is 2. The molecule has 29 heavy (non-hydrogen) atoms. The molecule has 0 atom stereocenters. The summed E-state index contributed by atoms with van der Waals surface area (Å²) in [5, 5.41) is 8.99. The second kappa shape index (κ2) is 9.44. The van der Waals surface area contributed by atoms with E-state index in [1.807, 2.05) is 60.8 Å². The molecule has 3 aromatic rings. The van der Waals surface area contributed by atoms with E-state index in [1.165, 1.54) is 19.3 Å². The van der Waals surface area contributed by atoms with Gasteiger partial charge in [0, 0.05) is 18.0 Å². The van der Waals surface area contributed by atoms with E-state index >= 15 is 0 Å². The molecule has 1 aromatic heterocycles. The highest BCUT2D eigenvalue weighted by atomic mass is 32.2. The van der Waals surface area contributed by atoms with E-state index < -0.39 is 0 Å². The van der Waals surface area contributed by atoms with E-state index in [0.717, 1.165) is 34.4 Å². The third-order valence-corrected chi connectivity index (χ3v) is 5.79. The van der Waals surface area contributed by atoms with Crippen LogP contribution in [0.15, 0.2) is 70.6 Å². The minimum atomic E-state index is 0.457. The van der Waals surface area contributed by atoms with E-state index in [-0.39, 0.29) is 0 Å². The van der Waals surface area contributed by atoms with Gasteiger partial charge in [-0.1, -0.05) is 42.1 Å². The van der Waals surface area contributed by atoms with Crippen molar-refractivity contribution in [3.63, 3.8) is 0 Å². The fourth-order valence-electron chi connectivity index (χ4n) is 3.22. The summed E-state index contributed by atoms with van der Waals surface area (Å²) < 4.78 is 6.12. The molecule has 0 aliphatic carbocycles. The van der Waals surface area contributed by atoms with Crippen LogP contribution < -0.4 is 9.64 Å². The molecule has 0 N–H and O–H groups in total. The number of nitriles is 1. The van der Waals surface area contributed by atoms with Crippen LogP contribution in [0.2, 0.25) is 0 Å². The van der Waals surface area contributed by atoms with Crippen LogP contribution in [0.25, 0.3) is 0 Å². The highest BCUT2D eigenvalue weighted by Gasteiger charge is 2.17. The number of rotatable bonds is 6. The molecule has 0 unspecified atom stereocenters. The van der Waals surface area contributed by atoms with Crippen LogP contribution in [0.1, 0.15) is 30.4 Å². The SMILES string of the molecule is N#Cc1ccc(Sc2cnc(N3CCCCC3)nc2OCc2ccccc2)cc1. The summed E-state index contributed by atoms with van der Waals surface area (Å²) in [6.07, 6.45) is 5.46. The lowest BCUT2D eigenvalue weighted by Crippen LogP contribution is -2.31. The van der Waals surface area contributed by atoms with Gasteiger partial charge >= 0.3 is 0 Å². The van der Waals surface area contributed by atoms with Gasteiger partial charge in [0.1, 0.15) is 6.61 Å². The van der Waals surface area contributed by atoms with Gasteiger partial charge in [-0.15, -0.1) is 0 Å². The maximum absolute atomic E-state index is 8.99. The Balaban J connectivity index is 1.58. The summed E-state index contributed by atoms with van der Waals surface area (Å²) in [5.74, 6) is 1.33. The van der Waals surface area contributed by atoms with Gasteiger partial charge in [-0.05, 0) is 49.1 Å². The average Bonchev–Trinajstić information content (AvgIpc) is 2.80. The minimum Gasteiger partial charge on any atom is -0.472 e. The maximum atomic E-state index is 8.99. The molecule has 1 fully saturated rings. The molecule has 6 heteroatoms. The largest absolute Gasteiger partial charge is 0.472 e. The van der Waals surface area contributed by atoms with Gasteiger partial charge in [0.25, 0.3) is 0 Å². The Bertz CT molecular complexity index is 980. The standard InChI is InChI=1S/C23H22N4OS/c24-15-18-9-11-20(12-10-18)29-21-16-25-23(27-13-5-2-6-14-27)26-22(21)28-17-19-7-3-1-4-8-19/h1,3-4,7-12,16H,2,5-6,13-14,17H2. The van der Waals surface area contributed by atoms with Gasteiger partial charge in [0.05, 0.1) is 22.7 Å². The van der Waals surface area contributed by atoms with Crippen LogP contribution in [0.4, 0.5) is 5.95 Å². The van der Waals surface area contributed by atoms with Crippen molar-refractivity contribution in [2.45, 2.75) is 35.7 Å². The number of hydrogen-bond donors (Lipinski definition) is 0. The molecule has 2 heterocycles. The van der Waals surface area contributed by atoms with E-state index in [9.17, 15) is 0 Å². The predicted octanol–water partition coefficient (Wildman–Crippen LogP) is 5.07. The first-order valence-corrected chi connectivity index (χ1v) is 10.6. The van der Waals surface area contributed by atoms with Gasteiger partial charge in [-0.3, -0.25) is 0 Å². The quantitative estimate of drug-likeness (QED) is 0.574. The zero-order valence-electron chi connectivity index (χ0n) is 16.1. The van der Waals surface area contributed by atoms with Crippen molar-refractivity contribution in [3.8, 4) is 11.9 Å². The Labute approximate surface area is 175 Å². The van der Waals surface area contributed by atoms with Gasteiger partial charge in [-0.2, -0.15) is 10.2 Å². The lowest BCUT2D eigenvalue weighted by Gasteiger charge is -2.27. The van der Waals surface area contributed by atoms with Crippen LogP contribution >= 0.6 is 11.8 Å². The predicted molar refractivity (Wildman–Crippen MR) is 114 cm³/mol. The van der Waals surface area contributed by atoms with Crippen LogP contribution in [-0.4, -0.2) is 23.1 Å². The highest BCUT2D eigenvalue weighted by molar-refractivity contribution is 7.99. The van der Waals surface area contributed by atoms with Crippen LogP contribution in [0.5, 0.6) is 5.88 Å². The first-order chi connectivity index (χ1) is 14.3. The highest BCUT2D eigenvalue weighted by Crippen LogP contribution is 2.35. The van der Waals surface area contributed by atoms with E-state index in [0.29, 0.717) is 18.1 Å². The Morgan fingerprint density at radius 3 is 2.48 bits per heavy atom. The zero-order valence-corrected chi connectivity index (χ0v) is 16.9. The molecule has 2 aromatic carbocycles. The average molecular weight is 403 g/mol. The monoisotopic (exact) mass is 402 g/mol. The molecular weight excluding hydrogens is 380 g/mol. The van der Waals surface area contributed by atoms with Crippen LogP contribution in [0.3, 0.4) is 0 Å². The second-order valence-corrected chi connectivity index (χ2v) is 8.01. The number of piperidine rings is 1. The molecular formula is C23H22N4OS. The van der Waals surface area contributed by atoms with Crippen molar-refractivity contribution in [2.24, 2.45) is 0 Å². The topological polar surface area (TPSA) is 62.0 Å². The summed E-state index contributed by atoms with van der Waals surface area (Å²) in [4.78, 5) is 13.5. The molecule has 0 bridgehead atoms. The maximum Gasteiger partial charge on any atom is 0.232 e. The number of anilines is 1. The van der Waals surface area contributed by atoms with Gasteiger partial charge in [0.2, 0.25) is 11.8 Å². The molecule has 5 nitrogen and oxygen atoms in total. The van der Waals surface area contributed by atoms with E-state index in [4.69, 9.17) is 15.0 Å². The van der Waals surface area contributed by atoms with Crippen molar-refractivity contribution < 1.29 is 4.74 Å². The molecule has 1 saturated heterocycles. The van der Waals surface area contributed by atoms with E-state index in [1.54, 1.807) is 11.8 Å². The Kier molecular flexibility index (Phi) is 6.28. The smallest absolute Gasteiger partial charge is 0.232 e. The fraction of sp³-hybridized carbons (Fsp3) is 0.261. The first kappa shape index (κ1) is 19.3. The van der Waals surface area contributed by atoms with Crippen LogP contribution in [-0.2, 0) is 6.61 Å². The van der Waals surface area contributed by atoms with E-state index in [2.05, 4.69) is 16.0 Å². The number of aromatic nitrogens is 2. The summed E-state index contributed by atoms with van der Waals surface area (Å²) >= 11 is 1.55. The van der Waals surface area contributed by atoms with Gasteiger partial charge < -0.3 is 9.64 Å². The van der Waals surface area contributed by atoms with Gasteiger partial charge in [-0.25, -0.2) is 4.98 Å². The van der Waals surface area contributed by atoms with Gasteiger partial charge in [0.15, 0.2) is 0 Å². The van der Waals surface area contributed by atoms with Crippen molar-refractivity contribution >= 4 is 17.7 Å². The molecule has 4 rings (SSSR count). The minimum absolute atomic E-state index is 0.457. The third kappa shape index (κ3) is 5.07. The summed E-state index contributed by atoms with van der Waals surface area (Å²) in [7, 11) is 0. The Morgan fingerprint density at radius 1 is 1.00 bits per heavy atom. The fourth-order valence-corrected chi connectivity index (χ4v) is 4.04. The lowest BCUT2D eigenvalue weighted by molar-refractivity contribution is 0.285. The van der Waals surface area contributed by atoms with Crippen molar-refractivity contribution in [1.82, 2.24) is 9.97 Å². The molecule has 146 valence electrons. The molecule has 0 amide bonds. The van der Waals surface area contributed by atoms with Crippen molar-refractivity contribution in [3.05, 3.63) is 71.9 Å². The number of ether oxygens (including phenoxy) is 1. The summed E-state index contributed by atoms with van der Waals surface area (Å²) in [6, 6.07) is 19.7. The van der Waals surface area contributed by atoms with Crippen molar-refractivity contribution in [1.29, 1.82) is 5.26 Å². The molecule has 1 aliphatic rings. The molecule has 0 radical (unpaired) electrons. The molecule has 0 spiro atoms. The Hall–Kier alpha value is -3.04. The Morgan fingerprint density at radius 2 is 1.76 bits per heavy atom. The van der Waals surface area contributed by atoms with Crippen LogP contribution in [0, 0.1) is 11.3 Å². The number of hydrogen-bond acceptors (Lipinski definition) is 6. The molecule has 0 saturated carbocycles.